The molecule has 0 spiro atoms. The summed E-state index contributed by atoms with van der Waals surface area (Å²) < 4.78 is 5.71. The van der Waals surface area contributed by atoms with Crippen molar-refractivity contribution >= 4 is 28.6 Å². The topological polar surface area (TPSA) is 83.6 Å². The lowest BCUT2D eigenvalue weighted by atomic mass is 10.1. The molecule has 0 saturated carbocycles. The molecule has 27 heavy (non-hydrogen) atoms. The molecule has 0 aliphatic carbocycles. The zero-order valence-corrected chi connectivity index (χ0v) is 13.9. The smallest absolute Gasteiger partial charge is 0.266 e. The molecule has 3 aromatic carbocycles. The number of carbonyl (C=O) groups excluding carboxylic acids is 2. The third-order valence-corrected chi connectivity index (χ3v) is 4.56. The van der Waals surface area contributed by atoms with Crippen molar-refractivity contribution in [2.24, 2.45) is 0 Å². The molecule has 1 aliphatic heterocycles. The van der Waals surface area contributed by atoms with E-state index in [-0.39, 0.29) is 11.6 Å². The Hall–Kier alpha value is -3.93. The molecule has 1 N–H and O–H groups in total. The molecular weight excluding hydrogens is 344 g/mol. The summed E-state index contributed by atoms with van der Waals surface area (Å²) in [5.41, 5.74) is 2.60. The van der Waals surface area contributed by atoms with Gasteiger partial charge in [0.15, 0.2) is 5.58 Å². The van der Waals surface area contributed by atoms with Crippen LogP contribution in [0.15, 0.2) is 71.1 Å². The highest BCUT2D eigenvalue weighted by molar-refractivity contribution is 6.34. The zero-order valence-electron chi connectivity index (χ0n) is 13.9. The molecule has 0 radical (unpaired) electrons. The van der Waals surface area contributed by atoms with Crippen LogP contribution in [0.5, 0.6) is 5.75 Å². The van der Waals surface area contributed by atoms with E-state index in [1.165, 1.54) is 18.2 Å². The van der Waals surface area contributed by atoms with Crippen molar-refractivity contribution in [3.8, 4) is 17.2 Å². The van der Waals surface area contributed by atoms with Gasteiger partial charge in [0.1, 0.15) is 11.3 Å². The predicted molar refractivity (Wildman–Crippen MR) is 98.7 cm³/mol. The number of phenols is 1. The van der Waals surface area contributed by atoms with E-state index in [1.54, 1.807) is 36.4 Å². The van der Waals surface area contributed by atoms with Crippen LogP contribution in [0.1, 0.15) is 20.7 Å². The van der Waals surface area contributed by atoms with E-state index in [9.17, 15) is 14.7 Å². The molecule has 2 amide bonds. The first-order chi connectivity index (χ1) is 13.1. The predicted octanol–water partition coefficient (Wildman–Crippen LogP) is 4.00. The minimum Gasteiger partial charge on any atom is -0.507 e. The fourth-order valence-electron chi connectivity index (χ4n) is 3.25. The number of amides is 2. The average molecular weight is 356 g/mol. The van der Waals surface area contributed by atoms with Crippen LogP contribution in [-0.4, -0.2) is 21.9 Å². The van der Waals surface area contributed by atoms with Gasteiger partial charge in [0.2, 0.25) is 5.89 Å². The Morgan fingerprint density at radius 2 is 1.48 bits per heavy atom. The summed E-state index contributed by atoms with van der Waals surface area (Å²) in [5, 5.41) is 10.3. The fraction of sp³-hybridized carbons (Fsp3) is 0. The van der Waals surface area contributed by atoms with E-state index in [2.05, 4.69) is 4.98 Å². The summed E-state index contributed by atoms with van der Waals surface area (Å²) >= 11 is 0. The number of rotatable bonds is 2. The lowest BCUT2D eigenvalue weighted by molar-refractivity contribution is 0.0926. The lowest BCUT2D eigenvalue weighted by Gasteiger charge is -2.15. The van der Waals surface area contributed by atoms with Gasteiger partial charge < -0.3 is 9.52 Å². The van der Waals surface area contributed by atoms with Gasteiger partial charge in [0.25, 0.3) is 11.8 Å². The molecule has 130 valence electrons. The third kappa shape index (κ3) is 2.23. The summed E-state index contributed by atoms with van der Waals surface area (Å²) in [6.07, 6.45) is 0. The maximum Gasteiger partial charge on any atom is 0.266 e. The van der Waals surface area contributed by atoms with Crippen molar-refractivity contribution in [2.75, 3.05) is 4.90 Å². The Kier molecular flexibility index (Phi) is 3.14. The van der Waals surface area contributed by atoms with E-state index >= 15 is 0 Å². The highest BCUT2D eigenvalue weighted by Crippen LogP contribution is 2.36. The number of phenolic OH excluding ortho intramolecular Hbond substituents is 1. The van der Waals surface area contributed by atoms with Crippen molar-refractivity contribution in [3.05, 3.63) is 77.9 Å². The number of para-hydroxylation sites is 2. The number of hydrogen-bond donors (Lipinski definition) is 1. The highest BCUT2D eigenvalue weighted by atomic mass is 16.3. The number of imide groups is 1. The van der Waals surface area contributed by atoms with Gasteiger partial charge in [-0.3, -0.25) is 9.59 Å². The first-order valence-corrected chi connectivity index (χ1v) is 8.30. The third-order valence-electron chi connectivity index (χ3n) is 4.56. The summed E-state index contributed by atoms with van der Waals surface area (Å²) in [4.78, 5) is 30.8. The number of nitrogens with zero attached hydrogens (tertiary/aromatic N) is 2. The first-order valence-electron chi connectivity index (χ1n) is 8.30. The molecule has 6 nitrogen and oxygen atoms in total. The monoisotopic (exact) mass is 356 g/mol. The molecule has 1 aromatic heterocycles. The van der Waals surface area contributed by atoms with Gasteiger partial charge in [-0.2, -0.15) is 0 Å². The number of oxazole rings is 1. The quantitative estimate of drug-likeness (QED) is 0.549. The number of benzene rings is 3. The molecule has 5 rings (SSSR count). The summed E-state index contributed by atoms with van der Waals surface area (Å²) in [6, 6.07) is 18.4. The standard InChI is InChI=1S/C21H12N2O4/c24-17-10-9-12(23-20(25)13-5-1-2-6-14(13)21(23)26)11-15(17)19-22-16-7-3-4-8-18(16)27-19/h1-11,24H. The molecule has 0 unspecified atom stereocenters. The molecule has 2 heterocycles. The average Bonchev–Trinajstić information content (AvgIpc) is 3.22. The van der Waals surface area contributed by atoms with E-state index in [4.69, 9.17) is 4.42 Å². The maximum absolute atomic E-state index is 12.7. The van der Waals surface area contributed by atoms with Crippen molar-refractivity contribution < 1.29 is 19.1 Å². The Bertz CT molecular complexity index is 1170. The molecule has 4 aromatic rings. The number of aromatic nitrogens is 1. The van der Waals surface area contributed by atoms with Crippen LogP contribution >= 0.6 is 0 Å². The van der Waals surface area contributed by atoms with Crippen LogP contribution in [0.4, 0.5) is 5.69 Å². The molecule has 6 heteroatoms. The second kappa shape index (κ2) is 5.54. The first kappa shape index (κ1) is 15.3. The van der Waals surface area contributed by atoms with E-state index in [0.717, 1.165) is 4.90 Å². The number of carbonyl (C=O) groups is 2. The van der Waals surface area contributed by atoms with Gasteiger partial charge in [-0.1, -0.05) is 24.3 Å². The number of aromatic hydroxyl groups is 1. The normalized spacial score (nSPS) is 13.4. The van der Waals surface area contributed by atoms with Crippen LogP contribution in [0, 0.1) is 0 Å². The molecular formula is C21H12N2O4. The van der Waals surface area contributed by atoms with E-state index in [0.29, 0.717) is 33.5 Å². The summed E-state index contributed by atoms with van der Waals surface area (Å²) in [7, 11) is 0. The van der Waals surface area contributed by atoms with Gasteiger partial charge in [-0.25, -0.2) is 9.88 Å². The van der Waals surface area contributed by atoms with Crippen LogP contribution in [0.2, 0.25) is 0 Å². The minimum absolute atomic E-state index is 0.0538. The van der Waals surface area contributed by atoms with Crippen LogP contribution < -0.4 is 4.90 Å². The maximum atomic E-state index is 12.7. The fourth-order valence-corrected chi connectivity index (χ4v) is 3.25. The Morgan fingerprint density at radius 1 is 0.815 bits per heavy atom. The van der Waals surface area contributed by atoms with Gasteiger partial charge in [0, 0.05) is 0 Å². The van der Waals surface area contributed by atoms with E-state index in [1.807, 2.05) is 12.1 Å². The van der Waals surface area contributed by atoms with Crippen molar-refractivity contribution in [3.63, 3.8) is 0 Å². The zero-order chi connectivity index (χ0) is 18.5. The molecule has 0 bridgehead atoms. The van der Waals surface area contributed by atoms with Crippen LogP contribution in [0.25, 0.3) is 22.6 Å². The SMILES string of the molecule is O=C1c2ccccc2C(=O)N1c1ccc(O)c(-c2nc3ccccc3o2)c1. The van der Waals surface area contributed by atoms with Gasteiger partial charge in [-0.05, 0) is 42.5 Å². The highest BCUT2D eigenvalue weighted by Gasteiger charge is 2.36. The summed E-state index contributed by atoms with van der Waals surface area (Å²) in [5.74, 6) is -0.635. The van der Waals surface area contributed by atoms with Crippen LogP contribution in [0.3, 0.4) is 0 Å². The molecule has 0 fully saturated rings. The van der Waals surface area contributed by atoms with Crippen molar-refractivity contribution in [2.45, 2.75) is 0 Å². The summed E-state index contributed by atoms with van der Waals surface area (Å²) in [6.45, 7) is 0. The van der Waals surface area contributed by atoms with Crippen LogP contribution in [-0.2, 0) is 0 Å². The largest absolute Gasteiger partial charge is 0.507 e. The lowest BCUT2D eigenvalue weighted by Crippen LogP contribution is -2.29. The number of hydrogen-bond acceptors (Lipinski definition) is 5. The Balaban J connectivity index is 1.63. The second-order valence-corrected chi connectivity index (χ2v) is 6.18. The van der Waals surface area contributed by atoms with Crippen molar-refractivity contribution in [1.82, 2.24) is 4.98 Å². The Labute approximate surface area is 153 Å². The van der Waals surface area contributed by atoms with Gasteiger partial charge in [0.05, 0.1) is 22.4 Å². The molecule has 1 aliphatic rings. The molecule has 0 atom stereocenters. The van der Waals surface area contributed by atoms with Gasteiger partial charge in [-0.15, -0.1) is 0 Å². The second-order valence-electron chi connectivity index (χ2n) is 6.18. The van der Waals surface area contributed by atoms with Crippen molar-refractivity contribution in [1.29, 1.82) is 0 Å². The minimum atomic E-state index is -0.398. The van der Waals surface area contributed by atoms with E-state index < -0.39 is 11.8 Å². The molecule has 0 saturated heterocycles. The number of anilines is 1. The van der Waals surface area contributed by atoms with Gasteiger partial charge >= 0.3 is 0 Å². The number of fused-ring (bicyclic) bond motifs is 2. The Morgan fingerprint density at radius 3 is 2.19 bits per heavy atom.